The van der Waals surface area contributed by atoms with Gasteiger partial charge >= 0.3 is 0 Å². The summed E-state index contributed by atoms with van der Waals surface area (Å²) in [5, 5.41) is 11.4. The first-order valence-electron chi connectivity index (χ1n) is 3.89. The van der Waals surface area contributed by atoms with Crippen molar-refractivity contribution in [3.63, 3.8) is 0 Å². The minimum atomic E-state index is 0.515. The van der Waals surface area contributed by atoms with Crippen LogP contribution in [0.2, 0.25) is 5.02 Å². The average molecular weight is 188 g/mol. The van der Waals surface area contributed by atoms with E-state index in [9.17, 15) is 0 Å². The van der Waals surface area contributed by atoms with Gasteiger partial charge in [0, 0.05) is 0 Å². The molecule has 0 heterocycles. The highest BCUT2D eigenvalue weighted by atomic mass is 35.5. The van der Waals surface area contributed by atoms with E-state index < -0.39 is 0 Å². The topological polar surface area (TPSA) is 23.8 Å². The highest BCUT2D eigenvalue weighted by Gasteiger charge is 2.00. The summed E-state index contributed by atoms with van der Waals surface area (Å²) in [6.45, 7) is 0. The molecule has 0 radical (unpaired) electrons. The third-order valence-corrected chi connectivity index (χ3v) is 2.27. The van der Waals surface area contributed by atoms with E-state index in [-0.39, 0.29) is 0 Å². The van der Waals surface area contributed by atoms with E-state index >= 15 is 0 Å². The predicted octanol–water partition coefficient (Wildman–Crippen LogP) is 3.36. The van der Waals surface area contributed by atoms with Gasteiger partial charge in [0.25, 0.3) is 0 Å². The van der Waals surface area contributed by atoms with E-state index in [1.54, 1.807) is 6.07 Å². The monoisotopic (exact) mass is 187 g/mol. The Bertz CT molecular complexity index is 497. The van der Waals surface area contributed by atoms with Crippen LogP contribution < -0.4 is 0 Å². The molecule has 0 spiro atoms. The Morgan fingerprint density at radius 3 is 2.31 bits per heavy atom. The van der Waals surface area contributed by atoms with Crippen LogP contribution in [0.4, 0.5) is 0 Å². The lowest BCUT2D eigenvalue weighted by molar-refractivity contribution is 1.50. The van der Waals surface area contributed by atoms with Gasteiger partial charge in [0.05, 0.1) is 10.6 Å². The maximum Gasteiger partial charge on any atom is 0.101 e. The summed E-state index contributed by atoms with van der Waals surface area (Å²) >= 11 is 5.88. The third-order valence-electron chi connectivity index (χ3n) is 1.96. The number of benzene rings is 2. The summed E-state index contributed by atoms with van der Waals surface area (Å²) in [5.41, 5.74) is 0.528. The molecule has 2 aromatic carbocycles. The Kier molecular flexibility index (Phi) is 1.92. The zero-order valence-corrected chi connectivity index (χ0v) is 7.55. The van der Waals surface area contributed by atoms with Gasteiger partial charge in [-0.1, -0.05) is 35.9 Å². The molecular formula is C11H6ClN. The SMILES string of the molecule is N#Cc1cc2ccccc2cc1Cl. The molecule has 0 fully saturated rings. The number of rotatable bonds is 0. The summed E-state index contributed by atoms with van der Waals surface area (Å²) in [6.07, 6.45) is 0. The minimum Gasteiger partial charge on any atom is -0.192 e. The van der Waals surface area contributed by atoms with Crippen LogP contribution in [0.25, 0.3) is 10.8 Å². The maximum absolute atomic E-state index is 8.74. The van der Waals surface area contributed by atoms with Gasteiger partial charge in [-0.05, 0) is 22.9 Å². The van der Waals surface area contributed by atoms with Gasteiger partial charge in [0.2, 0.25) is 0 Å². The Morgan fingerprint density at radius 2 is 1.69 bits per heavy atom. The van der Waals surface area contributed by atoms with Gasteiger partial charge in [-0.15, -0.1) is 0 Å². The normalized spacial score (nSPS) is 9.85. The van der Waals surface area contributed by atoms with Crippen molar-refractivity contribution in [2.24, 2.45) is 0 Å². The van der Waals surface area contributed by atoms with Crippen LogP contribution in [-0.2, 0) is 0 Å². The maximum atomic E-state index is 8.74. The summed E-state index contributed by atoms with van der Waals surface area (Å²) in [5.74, 6) is 0. The molecular weight excluding hydrogens is 182 g/mol. The van der Waals surface area contributed by atoms with Crippen molar-refractivity contribution in [3.8, 4) is 6.07 Å². The molecule has 0 amide bonds. The Balaban J connectivity index is 2.83. The fourth-order valence-corrected chi connectivity index (χ4v) is 1.51. The van der Waals surface area contributed by atoms with Gasteiger partial charge in [-0.3, -0.25) is 0 Å². The predicted molar refractivity (Wildman–Crippen MR) is 53.7 cm³/mol. The van der Waals surface area contributed by atoms with Gasteiger partial charge in [0.1, 0.15) is 6.07 Å². The number of halogens is 1. The molecule has 2 heteroatoms. The van der Waals surface area contributed by atoms with Crippen molar-refractivity contribution in [1.29, 1.82) is 5.26 Å². The van der Waals surface area contributed by atoms with Crippen LogP contribution in [0, 0.1) is 11.3 Å². The van der Waals surface area contributed by atoms with E-state index in [1.807, 2.05) is 30.3 Å². The largest absolute Gasteiger partial charge is 0.192 e. The zero-order chi connectivity index (χ0) is 9.26. The van der Waals surface area contributed by atoms with Crippen LogP contribution in [0.1, 0.15) is 5.56 Å². The van der Waals surface area contributed by atoms with E-state index in [0.717, 1.165) is 10.8 Å². The smallest absolute Gasteiger partial charge is 0.101 e. The first-order chi connectivity index (χ1) is 6.31. The first kappa shape index (κ1) is 8.10. The van der Waals surface area contributed by atoms with Crippen molar-refractivity contribution in [1.82, 2.24) is 0 Å². The lowest BCUT2D eigenvalue weighted by Gasteiger charge is -1.99. The van der Waals surface area contributed by atoms with Crippen LogP contribution in [0.15, 0.2) is 36.4 Å². The first-order valence-corrected chi connectivity index (χ1v) is 4.27. The molecule has 2 aromatic rings. The van der Waals surface area contributed by atoms with E-state index in [1.165, 1.54) is 0 Å². The number of hydrogen-bond donors (Lipinski definition) is 0. The minimum absolute atomic E-state index is 0.515. The third kappa shape index (κ3) is 1.37. The highest BCUT2D eigenvalue weighted by Crippen LogP contribution is 2.22. The van der Waals surface area contributed by atoms with E-state index in [0.29, 0.717) is 10.6 Å². The Labute approximate surface area is 81.2 Å². The quantitative estimate of drug-likeness (QED) is 0.621. The fraction of sp³-hybridized carbons (Fsp3) is 0. The molecule has 0 bridgehead atoms. The molecule has 0 saturated carbocycles. The fourth-order valence-electron chi connectivity index (χ4n) is 1.30. The molecule has 0 aliphatic carbocycles. The summed E-state index contributed by atoms with van der Waals surface area (Å²) in [7, 11) is 0. The molecule has 13 heavy (non-hydrogen) atoms. The van der Waals surface area contributed by atoms with Gasteiger partial charge in [0.15, 0.2) is 0 Å². The summed E-state index contributed by atoms with van der Waals surface area (Å²) in [6, 6.07) is 13.5. The van der Waals surface area contributed by atoms with Crippen LogP contribution in [0.3, 0.4) is 0 Å². The second kappa shape index (κ2) is 3.08. The van der Waals surface area contributed by atoms with Crippen molar-refractivity contribution >= 4 is 22.4 Å². The molecule has 0 aromatic heterocycles. The Morgan fingerprint density at radius 1 is 1.08 bits per heavy atom. The highest BCUT2D eigenvalue weighted by molar-refractivity contribution is 6.32. The van der Waals surface area contributed by atoms with Gasteiger partial charge in [-0.25, -0.2) is 0 Å². The van der Waals surface area contributed by atoms with E-state index in [2.05, 4.69) is 6.07 Å². The van der Waals surface area contributed by atoms with Gasteiger partial charge in [-0.2, -0.15) is 5.26 Å². The van der Waals surface area contributed by atoms with Crippen molar-refractivity contribution in [3.05, 3.63) is 47.0 Å². The standard InChI is InChI=1S/C11H6ClN/c12-11-6-9-4-2-1-3-8(9)5-10(11)7-13/h1-6H. The van der Waals surface area contributed by atoms with Crippen molar-refractivity contribution < 1.29 is 0 Å². The molecule has 0 unspecified atom stereocenters. The van der Waals surface area contributed by atoms with Crippen LogP contribution in [0.5, 0.6) is 0 Å². The molecule has 62 valence electrons. The Hall–Kier alpha value is -1.52. The molecule has 1 nitrogen and oxygen atoms in total. The molecule has 0 aliphatic heterocycles. The molecule has 0 aliphatic rings. The van der Waals surface area contributed by atoms with Crippen molar-refractivity contribution in [2.45, 2.75) is 0 Å². The number of hydrogen-bond acceptors (Lipinski definition) is 1. The summed E-state index contributed by atoms with van der Waals surface area (Å²) in [4.78, 5) is 0. The zero-order valence-electron chi connectivity index (χ0n) is 6.79. The lowest BCUT2D eigenvalue weighted by Crippen LogP contribution is -1.78. The number of nitrogens with zero attached hydrogens (tertiary/aromatic N) is 1. The molecule has 2 rings (SSSR count). The number of nitriles is 1. The van der Waals surface area contributed by atoms with Crippen LogP contribution in [-0.4, -0.2) is 0 Å². The van der Waals surface area contributed by atoms with Crippen molar-refractivity contribution in [2.75, 3.05) is 0 Å². The lowest BCUT2D eigenvalue weighted by atomic mass is 10.1. The van der Waals surface area contributed by atoms with E-state index in [4.69, 9.17) is 16.9 Å². The summed E-state index contributed by atoms with van der Waals surface area (Å²) < 4.78 is 0. The molecule has 0 atom stereocenters. The molecule has 0 saturated heterocycles. The number of fused-ring (bicyclic) bond motifs is 1. The average Bonchev–Trinajstić information content (AvgIpc) is 2.17. The van der Waals surface area contributed by atoms with Gasteiger partial charge < -0.3 is 0 Å². The second-order valence-corrected chi connectivity index (χ2v) is 3.20. The molecule has 0 N–H and O–H groups in total. The van der Waals surface area contributed by atoms with Crippen LogP contribution >= 0.6 is 11.6 Å². The second-order valence-electron chi connectivity index (χ2n) is 2.79.